The van der Waals surface area contributed by atoms with Gasteiger partial charge in [0.2, 0.25) is 0 Å². The van der Waals surface area contributed by atoms with Gasteiger partial charge in [0, 0.05) is 48.5 Å². The van der Waals surface area contributed by atoms with Crippen molar-refractivity contribution in [3.05, 3.63) is 64.1 Å². The standard InChI is InChI=1S/C17H18Cl2N2/c18-15-10-16(19)12-17(11-15)21-8-6-20(7-9-21)13-14-4-2-1-3-5-14/h1-5,10-12H,6-9,13H2. The van der Waals surface area contributed by atoms with Gasteiger partial charge in [-0.15, -0.1) is 0 Å². The summed E-state index contributed by atoms with van der Waals surface area (Å²) in [7, 11) is 0. The summed E-state index contributed by atoms with van der Waals surface area (Å²) in [6.07, 6.45) is 0. The number of nitrogens with zero attached hydrogens (tertiary/aromatic N) is 2. The average molecular weight is 321 g/mol. The fourth-order valence-electron chi connectivity index (χ4n) is 2.73. The fraction of sp³-hybridized carbons (Fsp3) is 0.294. The number of benzene rings is 2. The minimum Gasteiger partial charge on any atom is -0.369 e. The highest BCUT2D eigenvalue weighted by molar-refractivity contribution is 6.35. The molecule has 0 atom stereocenters. The molecule has 21 heavy (non-hydrogen) atoms. The highest BCUT2D eigenvalue weighted by atomic mass is 35.5. The summed E-state index contributed by atoms with van der Waals surface area (Å²) >= 11 is 12.2. The van der Waals surface area contributed by atoms with Gasteiger partial charge in [-0.2, -0.15) is 0 Å². The Bertz CT molecular complexity index is 573. The molecule has 3 rings (SSSR count). The maximum absolute atomic E-state index is 6.08. The molecule has 1 aliphatic rings. The summed E-state index contributed by atoms with van der Waals surface area (Å²) in [5.41, 5.74) is 2.49. The van der Waals surface area contributed by atoms with Crippen molar-refractivity contribution < 1.29 is 0 Å². The maximum Gasteiger partial charge on any atom is 0.0441 e. The van der Waals surface area contributed by atoms with Gasteiger partial charge < -0.3 is 4.90 Å². The van der Waals surface area contributed by atoms with Crippen molar-refractivity contribution in [1.29, 1.82) is 0 Å². The van der Waals surface area contributed by atoms with Crippen molar-refractivity contribution in [2.24, 2.45) is 0 Å². The van der Waals surface area contributed by atoms with E-state index in [-0.39, 0.29) is 0 Å². The molecule has 2 nitrogen and oxygen atoms in total. The molecule has 2 aromatic rings. The zero-order valence-corrected chi connectivity index (χ0v) is 13.3. The Labute approximate surface area is 135 Å². The van der Waals surface area contributed by atoms with Crippen LogP contribution in [-0.2, 0) is 6.54 Å². The van der Waals surface area contributed by atoms with E-state index >= 15 is 0 Å². The van der Waals surface area contributed by atoms with Crippen molar-refractivity contribution in [3.63, 3.8) is 0 Å². The molecule has 0 radical (unpaired) electrons. The monoisotopic (exact) mass is 320 g/mol. The van der Waals surface area contributed by atoms with E-state index in [0.29, 0.717) is 10.0 Å². The Balaban J connectivity index is 1.60. The Hall–Kier alpha value is -1.22. The summed E-state index contributed by atoms with van der Waals surface area (Å²) < 4.78 is 0. The van der Waals surface area contributed by atoms with Crippen LogP contribution in [0, 0.1) is 0 Å². The van der Waals surface area contributed by atoms with Crippen LogP contribution in [0.5, 0.6) is 0 Å². The first kappa shape index (κ1) is 14.7. The maximum atomic E-state index is 6.08. The average Bonchev–Trinajstić information content (AvgIpc) is 2.48. The van der Waals surface area contributed by atoms with Gasteiger partial charge in [0.15, 0.2) is 0 Å². The van der Waals surface area contributed by atoms with Crippen molar-refractivity contribution in [2.75, 3.05) is 31.1 Å². The molecule has 110 valence electrons. The quantitative estimate of drug-likeness (QED) is 0.831. The normalized spacial score (nSPS) is 16.2. The first-order chi connectivity index (χ1) is 10.2. The molecule has 0 saturated carbocycles. The van der Waals surface area contributed by atoms with Crippen LogP contribution in [0.4, 0.5) is 5.69 Å². The second-order valence-electron chi connectivity index (χ2n) is 5.38. The van der Waals surface area contributed by atoms with Crippen LogP contribution in [0.25, 0.3) is 0 Å². The Morgan fingerprint density at radius 1 is 0.810 bits per heavy atom. The lowest BCUT2D eigenvalue weighted by atomic mass is 10.2. The van der Waals surface area contributed by atoms with Gasteiger partial charge in [-0.05, 0) is 23.8 Å². The van der Waals surface area contributed by atoms with Gasteiger partial charge in [-0.25, -0.2) is 0 Å². The summed E-state index contributed by atoms with van der Waals surface area (Å²) in [5, 5.41) is 1.40. The molecule has 2 aromatic carbocycles. The van der Waals surface area contributed by atoms with Crippen LogP contribution in [0.3, 0.4) is 0 Å². The molecule has 1 heterocycles. The van der Waals surface area contributed by atoms with Gasteiger partial charge in [0.1, 0.15) is 0 Å². The van der Waals surface area contributed by atoms with E-state index < -0.39 is 0 Å². The van der Waals surface area contributed by atoms with E-state index in [1.54, 1.807) is 6.07 Å². The van der Waals surface area contributed by atoms with Gasteiger partial charge in [-0.3, -0.25) is 4.90 Å². The highest BCUT2D eigenvalue weighted by Crippen LogP contribution is 2.26. The second kappa shape index (κ2) is 6.69. The SMILES string of the molecule is Clc1cc(Cl)cc(N2CCN(Cc3ccccc3)CC2)c1. The Morgan fingerprint density at radius 3 is 2.05 bits per heavy atom. The van der Waals surface area contributed by atoms with Crippen molar-refractivity contribution >= 4 is 28.9 Å². The van der Waals surface area contributed by atoms with Gasteiger partial charge in [0.25, 0.3) is 0 Å². The van der Waals surface area contributed by atoms with E-state index in [1.165, 1.54) is 5.56 Å². The van der Waals surface area contributed by atoms with Crippen LogP contribution < -0.4 is 4.90 Å². The smallest absolute Gasteiger partial charge is 0.0441 e. The zero-order chi connectivity index (χ0) is 14.7. The van der Waals surface area contributed by atoms with Crippen LogP contribution in [0.1, 0.15) is 5.56 Å². The van der Waals surface area contributed by atoms with E-state index in [9.17, 15) is 0 Å². The minimum atomic E-state index is 0.698. The zero-order valence-electron chi connectivity index (χ0n) is 11.8. The molecule has 0 aliphatic carbocycles. The van der Waals surface area contributed by atoms with E-state index in [1.807, 2.05) is 12.1 Å². The Morgan fingerprint density at radius 2 is 1.43 bits per heavy atom. The van der Waals surface area contributed by atoms with E-state index in [2.05, 4.69) is 40.1 Å². The topological polar surface area (TPSA) is 6.48 Å². The molecule has 0 N–H and O–H groups in total. The number of hydrogen-bond acceptors (Lipinski definition) is 2. The number of hydrogen-bond donors (Lipinski definition) is 0. The second-order valence-corrected chi connectivity index (χ2v) is 6.25. The first-order valence-corrected chi connectivity index (χ1v) is 7.93. The van der Waals surface area contributed by atoms with Gasteiger partial charge >= 0.3 is 0 Å². The van der Waals surface area contributed by atoms with E-state index in [4.69, 9.17) is 23.2 Å². The lowest BCUT2D eigenvalue weighted by Gasteiger charge is -2.36. The number of rotatable bonds is 3. The molecule has 4 heteroatoms. The molecule has 0 bridgehead atoms. The fourth-order valence-corrected chi connectivity index (χ4v) is 3.24. The third-order valence-electron chi connectivity index (χ3n) is 3.83. The van der Waals surface area contributed by atoms with Gasteiger partial charge in [0.05, 0.1) is 0 Å². The van der Waals surface area contributed by atoms with Crippen molar-refractivity contribution in [1.82, 2.24) is 4.90 Å². The summed E-state index contributed by atoms with van der Waals surface area (Å²) in [4.78, 5) is 4.83. The minimum absolute atomic E-state index is 0.698. The third-order valence-corrected chi connectivity index (χ3v) is 4.27. The molecule has 0 spiro atoms. The molecule has 0 amide bonds. The molecule has 1 saturated heterocycles. The molecular formula is C17H18Cl2N2. The number of piperazine rings is 1. The van der Waals surface area contributed by atoms with Crippen molar-refractivity contribution in [2.45, 2.75) is 6.54 Å². The van der Waals surface area contributed by atoms with Crippen LogP contribution in [-0.4, -0.2) is 31.1 Å². The molecule has 1 aliphatic heterocycles. The van der Waals surface area contributed by atoms with E-state index in [0.717, 1.165) is 38.4 Å². The molecule has 0 aromatic heterocycles. The number of halogens is 2. The molecular weight excluding hydrogens is 303 g/mol. The first-order valence-electron chi connectivity index (χ1n) is 7.18. The third kappa shape index (κ3) is 3.91. The summed E-state index contributed by atoms with van der Waals surface area (Å²) in [6.45, 7) is 5.13. The lowest BCUT2D eigenvalue weighted by Crippen LogP contribution is -2.45. The predicted octanol–water partition coefficient (Wildman–Crippen LogP) is 4.32. The summed E-state index contributed by atoms with van der Waals surface area (Å²) in [5.74, 6) is 0. The lowest BCUT2D eigenvalue weighted by molar-refractivity contribution is 0.250. The Kier molecular flexibility index (Phi) is 4.69. The van der Waals surface area contributed by atoms with Crippen molar-refractivity contribution in [3.8, 4) is 0 Å². The van der Waals surface area contributed by atoms with Crippen LogP contribution >= 0.6 is 23.2 Å². The van der Waals surface area contributed by atoms with Gasteiger partial charge in [-0.1, -0.05) is 53.5 Å². The largest absolute Gasteiger partial charge is 0.369 e. The number of anilines is 1. The predicted molar refractivity (Wildman–Crippen MR) is 90.4 cm³/mol. The summed E-state index contributed by atoms with van der Waals surface area (Å²) in [6, 6.07) is 16.4. The van der Waals surface area contributed by atoms with Crippen LogP contribution in [0.15, 0.2) is 48.5 Å². The molecule has 1 fully saturated rings. The molecule has 0 unspecified atom stereocenters. The highest BCUT2D eigenvalue weighted by Gasteiger charge is 2.17. The van der Waals surface area contributed by atoms with Crippen LogP contribution in [0.2, 0.25) is 10.0 Å².